The van der Waals surface area contributed by atoms with E-state index in [1.165, 1.54) is 0 Å². The highest BCUT2D eigenvalue weighted by molar-refractivity contribution is 6.30. The summed E-state index contributed by atoms with van der Waals surface area (Å²) in [6.07, 6.45) is 1.79. The minimum Gasteiger partial charge on any atom is -0.360 e. The predicted octanol–water partition coefficient (Wildman–Crippen LogP) is 4.74. The summed E-state index contributed by atoms with van der Waals surface area (Å²) in [6, 6.07) is 15.3. The van der Waals surface area contributed by atoms with Gasteiger partial charge in [0.25, 0.3) is 0 Å². The highest BCUT2D eigenvalue weighted by atomic mass is 35.5. The first-order valence-corrected chi connectivity index (χ1v) is 8.06. The molecule has 1 heterocycles. The summed E-state index contributed by atoms with van der Waals surface area (Å²) in [4.78, 5) is 15.9. The minimum absolute atomic E-state index is 0.0397. The van der Waals surface area contributed by atoms with Crippen LogP contribution in [-0.4, -0.2) is 16.8 Å². The molecule has 4 heteroatoms. The highest BCUT2D eigenvalue weighted by Gasteiger charge is 2.20. The number of H-pyrrole nitrogens is 1. The summed E-state index contributed by atoms with van der Waals surface area (Å²) in [5.74, 6) is 0.0799. The number of Topliss-reactive ketones (excluding diaryl/α,β-unsaturated/α-hetero) is 1. The molecule has 0 saturated heterocycles. The third kappa shape index (κ3) is 3.31. The number of carbonyl (C=O) groups is 1. The van der Waals surface area contributed by atoms with Gasteiger partial charge in [0.15, 0.2) is 5.78 Å². The smallest absolute Gasteiger partial charge is 0.181 e. The molecule has 2 aromatic carbocycles. The van der Waals surface area contributed by atoms with Crippen molar-refractivity contribution < 1.29 is 4.79 Å². The van der Waals surface area contributed by atoms with Crippen molar-refractivity contribution in [3.63, 3.8) is 0 Å². The second-order valence-corrected chi connectivity index (χ2v) is 6.21. The topological polar surface area (TPSA) is 44.9 Å². The first-order valence-electron chi connectivity index (χ1n) is 7.68. The number of aromatic amines is 1. The van der Waals surface area contributed by atoms with E-state index in [1.807, 2.05) is 62.4 Å². The van der Waals surface area contributed by atoms with Crippen molar-refractivity contribution in [3.8, 4) is 0 Å². The maximum atomic E-state index is 12.7. The Balaban J connectivity index is 1.77. The van der Waals surface area contributed by atoms with Gasteiger partial charge in [0.2, 0.25) is 0 Å². The number of fused-ring (bicyclic) bond motifs is 1. The quantitative estimate of drug-likeness (QED) is 0.665. The first kappa shape index (κ1) is 15.8. The molecule has 0 spiro atoms. The maximum absolute atomic E-state index is 12.7. The molecule has 0 aliphatic carbocycles. The van der Waals surface area contributed by atoms with Crippen LogP contribution in [0.1, 0.15) is 35.8 Å². The fraction of sp³-hybridized carbons (Fsp3) is 0.211. The Hall–Kier alpha value is -2.10. The molecule has 0 unspecified atom stereocenters. The number of ketones is 1. The van der Waals surface area contributed by atoms with Gasteiger partial charge in [0, 0.05) is 33.7 Å². The number of halogens is 1. The van der Waals surface area contributed by atoms with Crippen LogP contribution in [-0.2, 0) is 0 Å². The number of carbonyl (C=O) groups excluding carboxylic acids is 1. The number of rotatable bonds is 5. The monoisotopic (exact) mass is 326 g/mol. The van der Waals surface area contributed by atoms with Gasteiger partial charge in [-0.25, -0.2) is 0 Å². The Morgan fingerprint density at radius 1 is 1.13 bits per heavy atom. The number of hydrogen-bond acceptors (Lipinski definition) is 2. The van der Waals surface area contributed by atoms with Gasteiger partial charge < -0.3 is 10.3 Å². The number of benzene rings is 2. The van der Waals surface area contributed by atoms with Gasteiger partial charge in [0.05, 0.1) is 6.04 Å². The molecule has 2 atom stereocenters. The average molecular weight is 327 g/mol. The van der Waals surface area contributed by atoms with Crippen molar-refractivity contribution in [2.45, 2.75) is 25.9 Å². The lowest BCUT2D eigenvalue weighted by molar-refractivity contribution is 0.0947. The lowest BCUT2D eigenvalue weighted by Crippen LogP contribution is -2.35. The predicted molar refractivity (Wildman–Crippen MR) is 95.1 cm³/mol. The molecule has 3 aromatic rings. The van der Waals surface area contributed by atoms with E-state index in [0.717, 1.165) is 22.0 Å². The lowest BCUT2D eigenvalue weighted by Gasteiger charge is -2.19. The van der Waals surface area contributed by atoms with Crippen LogP contribution in [0.15, 0.2) is 54.7 Å². The van der Waals surface area contributed by atoms with Crippen LogP contribution >= 0.6 is 11.6 Å². The summed E-state index contributed by atoms with van der Waals surface area (Å²) < 4.78 is 0. The highest BCUT2D eigenvalue weighted by Crippen LogP contribution is 2.21. The van der Waals surface area contributed by atoms with E-state index < -0.39 is 0 Å². The Bertz CT molecular complexity index is 840. The summed E-state index contributed by atoms with van der Waals surface area (Å²) >= 11 is 6.04. The van der Waals surface area contributed by atoms with E-state index in [4.69, 9.17) is 11.6 Å². The van der Waals surface area contributed by atoms with Crippen LogP contribution in [0.4, 0.5) is 0 Å². The summed E-state index contributed by atoms with van der Waals surface area (Å²) in [6.45, 7) is 3.93. The number of para-hydroxylation sites is 1. The van der Waals surface area contributed by atoms with Gasteiger partial charge in [-0.1, -0.05) is 41.9 Å². The molecule has 0 amide bonds. The number of hydrogen-bond donors (Lipinski definition) is 2. The number of aromatic nitrogens is 1. The zero-order chi connectivity index (χ0) is 16.4. The first-order chi connectivity index (χ1) is 11.1. The van der Waals surface area contributed by atoms with Gasteiger partial charge in [0.1, 0.15) is 0 Å². The Morgan fingerprint density at radius 2 is 1.91 bits per heavy atom. The Kier molecular flexibility index (Phi) is 4.51. The lowest BCUT2D eigenvalue weighted by atomic mass is 10.0. The largest absolute Gasteiger partial charge is 0.360 e. The van der Waals surface area contributed by atoms with Gasteiger partial charge in [-0.15, -0.1) is 0 Å². The molecule has 2 N–H and O–H groups in total. The maximum Gasteiger partial charge on any atom is 0.181 e. The summed E-state index contributed by atoms with van der Waals surface area (Å²) in [5, 5.41) is 5.01. The molecule has 118 valence electrons. The normalized spacial score (nSPS) is 13.9. The molecular formula is C19H19ClN2O. The van der Waals surface area contributed by atoms with Crippen LogP contribution in [0.3, 0.4) is 0 Å². The van der Waals surface area contributed by atoms with E-state index in [9.17, 15) is 4.79 Å². The van der Waals surface area contributed by atoms with Crippen molar-refractivity contribution in [1.29, 1.82) is 0 Å². The molecule has 1 aromatic heterocycles. The summed E-state index contributed by atoms with van der Waals surface area (Å²) in [5.41, 5.74) is 2.76. The zero-order valence-corrected chi connectivity index (χ0v) is 13.9. The van der Waals surface area contributed by atoms with Crippen LogP contribution in [0, 0.1) is 0 Å². The van der Waals surface area contributed by atoms with Crippen molar-refractivity contribution >= 4 is 28.3 Å². The zero-order valence-electron chi connectivity index (χ0n) is 13.1. The molecule has 0 aliphatic heterocycles. The van der Waals surface area contributed by atoms with Crippen molar-refractivity contribution in [1.82, 2.24) is 10.3 Å². The molecular weight excluding hydrogens is 308 g/mol. The third-order valence-electron chi connectivity index (χ3n) is 4.10. The minimum atomic E-state index is -0.289. The van der Waals surface area contributed by atoms with Gasteiger partial charge in [-0.05, 0) is 37.6 Å². The molecule has 23 heavy (non-hydrogen) atoms. The molecule has 3 rings (SSSR count). The van der Waals surface area contributed by atoms with Crippen molar-refractivity contribution in [2.24, 2.45) is 0 Å². The average Bonchev–Trinajstić information content (AvgIpc) is 2.98. The molecule has 0 saturated carbocycles. The third-order valence-corrected chi connectivity index (χ3v) is 4.33. The molecule has 0 bridgehead atoms. The standard InChI is InChI=1S/C19H19ClN2O/c1-12(14-6-5-7-15(20)10-14)22-13(2)19(23)17-11-21-18-9-4-3-8-16(17)18/h3-13,21-22H,1-2H3/t12-,13-/m1/s1. The Morgan fingerprint density at radius 3 is 2.70 bits per heavy atom. The SMILES string of the molecule is C[C@@H](N[C@H](C)c1cccc(Cl)c1)C(=O)c1c[nH]c2ccccc12. The van der Waals surface area contributed by atoms with E-state index >= 15 is 0 Å². The summed E-state index contributed by atoms with van der Waals surface area (Å²) in [7, 11) is 0. The second-order valence-electron chi connectivity index (χ2n) is 5.78. The number of nitrogens with one attached hydrogen (secondary N) is 2. The van der Waals surface area contributed by atoms with Crippen molar-refractivity contribution in [3.05, 3.63) is 70.9 Å². The second kappa shape index (κ2) is 6.57. The molecule has 0 fully saturated rings. The van der Waals surface area contributed by atoms with Gasteiger partial charge in [-0.2, -0.15) is 0 Å². The fourth-order valence-corrected chi connectivity index (χ4v) is 3.03. The fourth-order valence-electron chi connectivity index (χ4n) is 2.83. The van der Waals surface area contributed by atoms with Crippen LogP contribution in [0.2, 0.25) is 5.02 Å². The van der Waals surface area contributed by atoms with Crippen molar-refractivity contribution in [2.75, 3.05) is 0 Å². The van der Waals surface area contributed by atoms with Crippen LogP contribution in [0.5, 0.6) is 0 Å². The van der Waals surface area contributed by atoms with Gasteiger partial charge >= 0.3 is 0 Å². The van der Waals surface area contributed by atoms with Crippen LogP contribution in [0.25, 0.3) is 10.9 Å². The van der Waals surface area contributed by atoms with E-state index in [2.05, 4.69) is 10.3 Å². The van der Waals surface area contributed by atoms with Crippen LogP contribution < -0.4 is 5.32 Å². The molecule has 3 nitrogen and oxygen atoms in total. The van der Waals surface area contributed by atoms with E-state index in [0.29, 0.717) is 5.02 Å². The molecule has 0 aliphatic rings. The molecule has 0 radical (unpaired) electrons. The Labute approximate surface area is 140 Å². The van der Waals surface area contributed by atoms with E-state index in [1.54, 1.807) is 6.20 Å². The van der Waals surface area contributed by atoms with E-state index in [-0.39, 0.29) is 17.9 Å². The van der Waals surface area contributed by atoms with Gasteiger partial charge in [-0.3, -0.25) is 4.79 Å².